The number of piperidine rings is 1. The van der Waals surface area contributed by atoms with E-state index in [2.05, 4.69) is 10.2 Å². The van der Waals surface area contributed by atoms with Gasteiger partial charge in [-0.25, -0.2) is 0 Å². The lowest BCUT2D eigenvalue weighted by Crippen LogP contribution is -2.47. The Kier molecular flexibility index (Phi) is 6.22. The van der Waals surface area contributed by atoms with Crippen molar-refractivity contribution in [1.82, 2.24) is 15.1 Å². The van der Waals surface area contributed by atoms with Crippen LogP contribution in [-0.2, 0) is 9.59 Å². The molecule has 1 saturated carbocycles. The van der Waals surface area contributed by atoms with Gasteiger partial charge in [0.25, 0.3) is 0 Å². The summed E-state index contributed by atoms with van der Waals surface area (Å²) in [5, 5.41) is 3.15. The molecule has 0 radical (unpaired) electrons. The molecule has 2 aliphatic heterocycles. The van der Waals surface area contributed by atoms with Crippen LogP contribution in [0.15, 0.2) is 0 Å². The summed E-state index contributed by atoms with van der Waals surface area (Å²) < 4.78 is 0. The first kappa shape index (κ1) is 17.1. The van der Waals surface area contributed by atoms with Crippen molar-refractivity contribution >= 4 is 23.6 Å². The molecule has 0 bridgehead atoms. The molecule has 0 spiro atoms. The normalized spacial score (nSPS) is 24.8. The zero-order chi connectivity index (χ0) is 16.1. The molecule has 23 heavy (non-hydrogen) atoms. The van der Waals surface area contributed by atoms with Gasteiger partial charge in [-0.15, -0.1) is 0 Å². The maximum absolute atomic E-state index is 12.5. The highest BCUT2D eigenvalue weighted by molar-refractivity contribution is 7.99. The molecule has 6 heteroatoms. The average molecular weight is 340 g/mol. The van der Waals surface area contributed by atoms with Crippen LogP contribution in [0.5, 0.6) is 0 Å². The molecule has 2 amide bonds. The van der Waals surface area contributed by atoms with Crippen LogP contribution in [0.4, 0.5) is 0 Å². The van der Waals surface area contributed by atoms with E-state index < -0.39 is 0 Å². The molecular weight excluding hydrogens is 310 g/mol. The van der Waals surface area contributed by atoms with Crippen LogP contribution in [0.3, 0.4) is 0 Å². The van der Waals surface area contributed by atoms with E-state index in [4.69, 9.17) is 0 Å². The van der Waals surface area contributed by atoms with Gasteiger partial charge < -0.3 is 10.2 Å². The van der Waals surface area contributed by atoms with Gasteiger partial charge in [-0.2, -0.15) is 11.8 Å². The number of thioether (sulfide) groups is 1. The topological polar surface area (TPSA) is 52.7 Å². The third-order valence-electron chi connectivity index (χ3n) is 5.35. The second-order valence-electron chi connectivity index (χ2n) is 7.04. The lowest BCUT2D eigenvalue weighted by molar-refractivity contribution is -0.136. The Morgan fingerprint density at radius 2 is 1.61 bits per heavy atom. The summed E-state index contributed by atoms with van der Waals surface area (Å²) >= 11 is 1.94. The van der Waals surface area contributed by atoms with Crippen LogP contribution >= 0.6 is 11.8 Å². The van der Waals surface area contributed by atoms with Crippen LogP contribution in [0.2, 0.25) is 0 Å². The SMILES string of the molecule is O=C(CN1CCC(C(=O)N2CCSCC2)CC1)NC1CCCC1. The molecule has 0 aromatic rings. The monoisotopic (exact) mass is 339 g/mol. The number of rotatable bonds is 4. The molecule has 0 aromatic carbocycles. The van der Waals surface area contributed by atoms with E-state index in [9.17, 15) is 9.59 Å². The molecule has 0 unspecified atom stereocenters. The predicted molar refractivity (Wildman–Crippen MR) is 93.5 cm³/mol. The molecule has 1 aliphatic carbocycles. The molecular formula is C17H29N3O2S. The van der Waals surface area contributed by atoms with Gasteiger partial charge in [0, 0.05) is 36.6 Å². The summed E-state index contributed by atoms with van der Waals surface area (Å²) in [4.78, 5) is 28.9. The van der Waals surface area contributed by atoms with E-state index >= 15 is 0 Å². The molecule has 0 aromatic heterocycles. The highest BCUT2D eigenvalue weighted by atomic mass is 32.2. The van der Waals surface area contributed by atoms with Crippen molar-refractivity contribution in [1.29, 1.82) is 0 Å². The Hall–Kier alpha value is -0.750. The van der Waals surface area contributed by atoms with Gasteiger partial charge in [0.1, 0.15) is 0 Å². The fourth-order valence-electron chi connectivity index (χ4n) is 3.93. The van der Waals surface area contributed by atoms with Gasteiger partial charge in [0.2, 0.25) is 11.8 Å². The van der Waals surface area contributed by atoms with Gasteiger partial charge in [-0.05, 0) is 38.8 Å². The summed E-state index contributed by atoms with van der Waals surface area (Å²) in [7, 11) is 0. The lowest BCUT2D eigenvalue weighted by atomic mass is 9.95. The summed E-state index contributed by atoms with van der Waals surface area (Å²) in [6.45, 7) is 4.06. The molecule has 3 fully saturated rings. The molecule has 2 saturated heterocycles. The maximum atomic E-state index is 12.5. The minimum Gasteiger partial charge on any atom is -0.352 e. The fraction of sp³-hybridized carbons (Fsp3) is 0.882. The Balaban J connectivity index is 1.37. The van der Waals surface area contributed by atoms with Crippen molar-refractivity contribution in [2.24, 2.45) is 5.92 Å². The van der Waals surface area contributed by atoms with Crippen molar-refractivity contribution in [2.45, 2.75) is 44.6 Å². The summed E-state index contributed by atoms with van der Waals surface area (Å²) in [5.41, 5.74) is 0. The predicted octanol–water partition coefficient (Wildman–Crippen LogP) is 1.33. The second kappa shape index (κ2) is 8.38. The van der Waals surface area contributed by atoms with Crippen LogP contribution in [0.25, 0.3) is 0 Å². The van der Waals surface area contributed by atoms with Crippen molar-refractivity contribution in [3.63, 3.8) is 0 Å². The molecule has 0 atom stereocenters. The first-order valence-electron chi connectivity index (χ1n) is 9.10. The van der Waals surface area contributed by atoms with E-state index in [-0.39, 0.29) is 11.8 Å². The molecule has 5 nitrogen and oxygen atoms in total. The highest BCUT2D eigenvalue weighted by Crippen LogP contribution is 2.22. The minimum atomic E-state index is 0.162. The quantitative estimate of drug-likeness (QED) is 0.840. The largest absolute Gasteiger partial charge is 0.352 e. The number of hydrogen-bond donors (Lipinski definition) is 1. The first-order chi connectivity index (χ1) is 11.2. The van der Waals surface area contributed by atoms with Crippen LogP contribution < -0.4 is 5.32 Å². The van der Waals surface area contributed by atoms with E-state index in [1.54, 1.807) is 0 Å². The molecule has 130 valence electrons. The van der Waals surface area contributed by atoms with Crippen molar-refractivity contribution in [3.05, 3.63) is 0 Å². The fourth-order valence-corrected chi connectivity index (χ4v) is 4.83. The molecule has 1 N–H and O–H groups in total. The number of amides is 2. The number of likely N-dealkylation sites (tertiary alicyclic amines) is 1. The summed E-state index contributed by atoms with van der Waals surface area (Å²) in [6.07, 6.45) is 6.56. The van der Waals surface area contributed by atoms with E-state index in [1.807, 2.05) is 16.7 Å². The Morgan fingerprint density at radius 3 is 2.26 bits per heavy atom. The number of nitrogens with one attached hydrogen (secondary N) is 1. The highest BCUT2D eigenvalue weighted by Gasteiger charge is 2.30. The van der Waals surface area contributed by atoms with Crippen LogP contribution in [0, 0.1) is 5.92 Å². The van der Waals surface area contributed by atoms with Gasteiger partial charge in [-0.1, -0.05) is 12.8 Å². The standard InChI is InChI=1S/C17H29N3O2S/c21-16(18-15-3-1-2-4-15)13-19-7-5-14(6-8-19)17(22)20-9-11-23-12-10-20/h14-15H,1-13H2,(H,18,21). The van der Waals surface area contributed by atoms with Crippen molar-refractivity contribution < 1.29 is 9.59 Å². The Labute approximate surface area is 143 Å². The maximum Gasteiger partial charge on any atom is 0.234 e. The summed E-state index contributed by atoms with van der Waals surface area (Å²) in [6, 6.07) is 0.401. The zero-order valence-corrected chi connectivity index (χ0v) is 14.8. The van der Waals surface area contributed by atoms with E-state index in [1.165, 1.54) is 12.8 Å². The number of carbonyl (C=O) groups excluding carboxylic acids is 2. The lowest BCUT2D eigenvalue weighted by Gasteiger charge is -2.35. The third-order valence-corrected chi connectivity index (χ3v) is 6.29. The molecule has 3 aliphatic rings. The average Bonchev–Trinajstić information content (AvgIpc) is 3.08. The zero-order valence-electron chi connectivity index (χ0n) is 14.0. The van der Waals surface area contributed by atoms with Crippen molar-refractivity contribution in [2.75, 3.05) is 44.2 Å². The van der Waals surface area contributed by atoms with Crippen LogP contribution in [-0.4, -0.2) is 71.9 Å². The summed E-state index contributed by atoms with van der Waals surface area (Å²) in [5.74, 6) is 2.83. The third kappa shape index (κ3) is 4.86. The van der Waals surface area contributed by atoms with Gasteiger partial charge in [-0.3, -0.25) is 14.5 Å². The van der Waals surface area contributed by atoms with Gasteiger partial charge in [0.05, 0.1) is 6.54 Å². The number of carbonyl (C=O) groups is 2. The minimum absolute atomic E-state index is 0.162. The Morgan fingerprint density at radius 1 is 0.957 bits per heavy atom. The van der Waals surface area contributed by atoms with Crippen LogP contribution in [0.1, 0.15) is 38.5 Å². The van der Waals surface area contributed by atoms with E-state index in [0.717, 1.165) is 63.4 Å². The van der Waals surface area contributed by atoms with Gasteiger partial charge in [0.15, 0.2) is 0 Å². The number of hydrogen-bond acceptors (Lipinski definition) is 4. The van der Waals surface area contributed by atoms with Gasteiger partial charge >= 0.3 is 0 Å². The molecule has 2 heterocycles. The Bertz CT molecular complexity index is 412. The smallest absolute Gasteiger partial charge is 0.234 e. The van der Waals surface area contributed by atoms with Crippen molar-refractivity contribution in [3.8, 4) is 0 Å². The molecule has 3 rings (SSSR count). The van der Waals surface area contributed by atoms with E-state index in [0.29, 0.717) is 18.5 Å². The first-order valence-corrected chi connectivity index (χ1v) is 10.3. The second-order valence-corrected chi connectivity index (χ2v) is 8.26. The number of nitrogens with zero attached hydrogens (tertiary/aromatic N) is 2.